The lowest BCUT2D eigenvalue weighted by molar-refractivity contribution is -0.210. The molecule has 1 aliphatic heterocycles. The molecule has 1 saturated heterocycles. The lowest BCUT2D eigenvalue weighted by Gasteiger charge is -2.42. The number of aryl methyl sites for hydroxylation is 2. The first kappa shape index (κ1) is 28.1. The number of aromatic nitrogens is 6. The summed E-state index contributed by atoms with van der Waals surface area (Å²) >= 11 is 6.01. The summed E-state index contributed by atoms with van der Waals surface area (Å²) in [6, 6.07) is 2.89. The molecule has 3 N–H and O–H groups in total. The number of pyridine rings is 1. The maximum absolute atomic E-state index is 14.1. The van der Waals surface area contributed by atoms with Crippen LogP contribution in [0.2, 0.25) is 5.02 Å². The Balaban J connectivity index is 1.58. The number of ether oxygens (including phenoxy) is 1. The minimum atomic E-state index is -4.77. The van der Waals surface area contributed by atoms with E-state index in [0.717, 1.165) is 22.9 Å². The Morgan fingerprint density at radius 3 is 2.52 bits per heavy atom. The Bertz CT molecular complexity index is 1540. The van der Waals surface area contributed by atoms with E-state index in [4.69, 9.17) is 16.3 Å². The molecular weight excluding hydrogens is 560 g/mol. The average molecular weight is 583 g/mol. The maximum atomic E-state index is 14.1. The van der Waals surface area contributed by atoms with E-state index in [1.807, 2.05) is 0 Å². The smallest absolute Gasteiger partial charge is 0.394 e. The molecule has 15 heteroatoms. The van der Waals surface area contributed by atoms with Gasteiger partial charge >= 0.3 is 6.18 Å². The number of nitrogens with zero attached hydrogens (tertiary/aromatic N) is 6. The van der Waals surface area contributed by atoms with Crippen LogP contribution in [0.4, 0.5) is 17.6 Å². The van der Waals surface area contributed by atoms with Gasteiger partial charge in [-0.1, -0.05) is 11.6 Å². The summed E-state index contributed by atoms with van der Waals surface area (Å²) in [6.07, 6.45) is -6.54. The number of halogens is 5. The van der Waals surface area contributed by atoms with Crippen LogP contribution in [0.25, 0.3) is 16.9 Å². The van der Waals surface area contributed by atoms with Crippen molar-refractivity contribution in [3.05, 3.63) is 76.5 Å². The Hall–Kier alpha value is -3.43. The lowest BCUT2D eigenvalue weighted by Crippen LogP contribution is -2.53. The summed E-state index contributed by atoms with van der Waals surface area (Å²) < 4.78 is 63.6. The highest BCUT2D eigenvalue weighted by Gasteiger charge is 2.48. The van der Waals surface area contributed by atoms with Gasteiger partial charge in [0.2, 0.25) is 0 Å². The summed E-state index contributed by atoms with van der Waals surface area (Å²) in [7, 11) is 0. The van der Waals surface area contributed by atoms with Crippen LogP contribution in [0.1, 0.15) is 34.9 Å². The van der Waals surface area contributed by atoms with Crippen molar-refractivity contribution in [1.29, 1.82) is 0 Å². The molecule has 0 bridgehead atoms. The van der Waals surface area contributed by atoms with Crippen molar-refractivity contribution in [3.8, 4) is 16.9 Å². The van der Waals surface area contributed by atoms with Crippen molar-refractivity contribution in [2.45, 2.75) is 50.5 Å². The molecule has 0 aliphatic carbocycles. The van der Waals surface area contributed by atoms with Gasteiger partial charge in [0, 0.05) is 34.6 Å². The number of benzene rings is 1. The topological polar surface area (TPSA) is 131 Å². The third kappa shape index (κ3) is 5.08. The minimum Gasteiger partial charge on any atom is -0.394 e. The number of hydrogen-bond donors (Lipinski definition) is 3. The molecular formula is C25H23ClF4N6O4. The van der Waals surface area contributed by atoms with Gasteiger partial charge in [0.1, 0.15) is 42.1 Å². The van der Waals surface area contributed by atoms with E-state index in [1.54, 1.807) is 6.92 Å². The van der Waals surface area contributed by atoms with E-state index in [0.29, 0.717) is 11.1 Å². The molecule has 0 saturated carbocycles. The molecule has 212 valence electrons. The zero-order chi connectivity index (χ0) is 28.9. The van der Waals surface area contributed by atoms with Crippen LogP contribution in [0.5, 0.6) is 0 Å². The Morgan fingerprint density at radius 1 is 1.10 bits per heavy atom. The number of aliphatic hydroxyl groups excluding tert-OH is 3. The summed E-state index contributed by atoms with van der Waals surface area (Å²) in [6.45, 7) is 2.30. The van der Waals surface area contributed by atoms with Gasteiger partial charge in [-0.25, -0.2) is 14.1 Å². The SMILES string of the molecule is Cc1nc([C@@H]2OC(CO)[C@H](O)[C@H](n3cc(-c4cc(F)c(C)cn4)cn3)C2O)n(-c2cc(Cl)ccc2C(F)(F)F)n1. The molecule has 0 amide bonds. The molecule has 4 aromatic rings. The lowest BCUT2D eigenvalue weighted by atomic mass is 9.92. The van der Waals surface area contributed by atoms with Crippen molar-refractivity contribution in [2.75, 3.05) is 6.61 Å². The second kappa shape index (κ2) is 10.5. The monoisotopic (exact) mass is 582 g/mol. The van der Waals surface area contributed by atoms with E-state index in [1.165, 1.54) is 36.3 Å². The Kier molecular flexibility index (Phi) is 7.39. The average Bonchev–Trinajstić information content (AvgIpc) is 3.52. The standard InChI is InChI=1S/C25H23ClF4N6O4/c1-11-7-31-17(6-16(11)27)13-8-32-35(9-13)20-21(38)19(10-37)40-23(22(20)39)24-33-12(2)34-36(24)18-5-14(26)3-4-15(18)25(28,29)30/h3-9,19-23,37-39H,10H2,1-2H3/t19?,20-,21-,22?,23+/m0/s1. The molecule has 1 fully saturated rings. The molecule has 5 atom stereocenters. The first-order valence-electron chi connectivity index (χ1n) is 12.0. The first-order valence-corrected chi connectivity index (χ1v) is 12.4. The molecule has 3 aromatic heterocycles. The fraction of sp³-hybridized carbons (Fsp3) is 0.360. The highest BCUT2D eigenvalue weighted by atomic mass is 35.5. The zero-order valence-corrected chi connectivity index (χ0v) is 21.7. The number of rotatable bonds is 5. The van der Waals surface area contributed by atoms with Crippen LogP contribution < -0.4 is 0 Å². The Morgan fingerprint density at radius 2 is 1.85 bits per heavy atom. The third-order valence-electron chi connectivity index (χ3n) is 6.62. The van der Waals surface area contributed by atoms with Gasteiger partial charge in [-0.05, 0) is 32.0 Å². The second-order valence-corrected chi connectivity index (χ2v) is 9.80. The van der Waals surface area contributed by atoms with Crippen molar-refractivity contribution >= 4 is 11.6 Å². The molecule has 5 rings (SSSR count). The van der Waals surface area contributed by atoms with Crippen molar-refractivity contribution in [1.82, 2.24) is 29.5 Å². The van der Waals surface area contributed by atoms with Gasteiger partial charge in [-0.3, -0.25) is 9.67 Å². The predicted octanol–water partition coefficient (Wildman–Crippen LogP) is 3.35. The van der Waals surface area contributed by atoms with Gasteiger partial charge in [0.05, 0.1) is 29.7 Å². The largest absolute Gasteiger partial charge is 0.418 e. The predicted molar refractivity (Wildman–Crippen MR) is 132 cm³/mol. The van der Waals surface area contributed by atoms with Gasteiger partial charge in [-0.2, -0.15) is 23.4 Å². The molecule has 2 unspecified atom stereocenters. The Labute approximate surface area is 229 Å². The first-order chi connectivity index (χ1) is 18.9. The van der Waals surface area contributed by atoms with Gasteiger partial charge in [0.15, 0.2) is 5.82 Å². The fourth-order valence-electron chi connectivity index (χ4n) is 4.63. The van der Waals surface area contributed by atoms with Crippen LogP contribution in [-0.2, 0) is 10.9 Å². The minimum absolute atomic E-state index is 0.000954. The molecule has 0 radical (unpaired) electrons. The van der Waals surface area contributed by atoms with Crippen LogP contribution >= 0.6 is 11.6 Å². The van der Waals surface area contributed by atoms with Crippen LogP contribution in [0, 0.1) is 19.7 Å². The molecule has 0 spiro atoms. The van der Waals surface area contributed by atoms with Crippen molar-refractivity contribution < 1.29 is 37.6 Å². The quantitative estimate of drug-likeness (QED) is 0.305. The van der Waals surface area contributed by atoms with Gasteiger partial charge < -0.3 is 20.1 Å². The zero-order valence-electron chi connectivity index (χ0n) is 21.0. The highest BCUT2D eigenvalue weighted by Crippen LogP contribution is 2.41. The maximum Gasteiger partial charge on any atom is 0.418 e. The fourth-order valence-corrected chi connectivity index (χ4v) is 4.80. The molecule has 40 heavy (non-hydrogen) atoms. The third-order valence-corrected chi connectivity index (χ3v) is 6.85. The summed E-state index contributed by atoms with van der Waals surface area (Å²) in [5.74, 6) is -0.642. The number of aliphatic hydroxyl groups is 3. The van der Waals surface area contributed by atoms with Crippen LogP contribution in [0.3, 0.4) is 0 Å². The van der Waals surface area contributed by atoms with E-state index in [9.17, 15) is 32.9 Å². The molecule has 1 aliphatic rings. The summed E-state index contributed by atoms with van der Waals surface area (Å²) in [5, 5.41) is 40.6. The van der Waals surface area contributed by atoms with Crippen LogP contribution in [-0.4, -0.2) is 69.8 Å². The highest BCUT2D eigenvalue weighted by molar-refractivity contribution is 6.30. The van der Waals surface area contributed by atoms with E-state index < -0.39 is 60.3 Å². The van der Waals surface area contributed by atoms with E-state index >= 15 is 0 Å². The normalized spacial score (nSPS) is 23.5. The number of alkyl halides is 3. The second-order valence-electron chi connectivity index (χ2n) is 9.37. The number of hydrogen-bond acceptors (Lipinski definition) is 8. The summed E-state index contributed by atoms with van der Waals surface area (Å²) in [5.41, 5.74) is -0.555. The summed E-state index contributed by atoms with van der Waals surface area (Å²) in [4.78, 5) is 8.39. The van der Waals surface area contributed by atoms with E-state index in [-0.39, 0.29) is 22.4 Å². The molecule has 10 nitrogen and oxygen atoms in total. The van der Waals surface area contributed by atoms with E-state index in [2.05, 4.69) is 20.2 Å². The van der Waals surface area contributed by atoms with Crippen molar-refractivity contribution in [3.63, 3.8) is 0 Å². The van der Waals surface area contributed by atoms with Crippen molar-refractivity contribution in [2.24, 2.45) is 0 Å². The van der Waals surface area contributed by atoms with Gasteiger partial charge in [0.25, 0.3) is 0 Å². The molecule has 1 aromatic carbocycles. The van der Waals surface area contributed by atoms with Gasteiger partial charge in [-0.15, -0.1) is 0 Å². The molecule has 4 heterocycles. The van der Waals surface area contributed by atoms with Crippen LogP contribution in [0.15, 0.2) is 42.9 Å².